The average molecular weight is 262 g/mol. The lowest BCUT2D eigenvalue weighted by atomic mass is 10.3. The van der Waals surface area contributed by atoms with Crippen molar-refractivity contribution in [2.24, 2.45) is 5.73 Å². The van der Waals surface area contributed by atoms with E-state index in [4.69, 9.17) is 15.9 Å². The summed E-state index contributed by atoms with van der Waals surface area (Å²) in [7, 11) is 4.08. The predicted molar refractivity (Wildman–Crippen MR) is 74.4 cm³/mol. The maximum Gasteiger partial charge on any atom is 0.0604 e. The molecule has 110 valence electrons. The molecule has 6 heteroatoms. The van der Waals surface area contributed by atoms with Crippen molar-refractivity contribution in [3.8, 4) is 0 Å². The van der Waals surface area contributed by atoms with Crippen LogP contribution in [0.25, 0.3) is 0 Å². The molecule has 18 heavy (non-hydrogen) atoms. The highest BCUT2D eigenvalue weighted by atomic mass is 16.3. The Morgan fingerprint density at radius 1 is 1.11 bits per heavy atom. The first kappa shape index (κ1) is 17.8. The van der Waals surface area contributed by atoms with Gasteiger partial charge in [-0.25, -0.2) is 0 Å². The molecular formula is C12H30N4O2. The molecule has 5 N–H and O–H groups in total. The van der Waals surface area contributed by atoms with Crippen molar-refractivity contribution in [1.29, 1.82) is 0 Å². The molecule has 0 heterocycles. The van der Waals surface area contributed by atoms with Gasteiger partial charge in [-0.1, -0.05) is 0 Å². The Kier molecular flexibility index (Phi) is 11.7. The summed E-state index contributed by atoms with van der Waals surface area (Å²) in [4.78, 5) is 4.20. The van der Waals surface area contributed by atoms with Crippen LogP contribution >= 0.6 is 0 Å². The summed E-state index contributed by atoms with van der Waals surface area (Å²) in [6, 6.07) is 0. The summed E-state index contributed by atoms with van der Waals surface area (Å²) in [5.74, 6) is 0. The molecule has 0 spiro atoms. The number of aliphatic hydroxyl groups excluding tert-OH is 2. The van der Waals surface area contributed by atoms with Crippen LogP contribution in [-0.2, 0) is 0 Å². The second-order valence-corrected chi connectivity index (χ2v) is 4.65. The van der Waals surface area contributed by atoms with Gasteiger partial charge in [0.15, 0.2) is 0 Å². The van der Waals surface area contributed by atoms with E-state index in [0.29, 0.717) is 25.8 Å². The van der Waals surface area contributed by atoms with E-state index in [1.165, 1.54) is 0 Å². The first-order chi connectivity index (χ1) is 8.65. The molecule has 0 rings (SSSR count). The van der Waals surface area contributed by atoms with Crippen LogP contribution in [0.5, 0.6) is 0 Å². The Labute approximate surface area is 111 Å². The molecule has 0 radical (unpaired) electrons. The third-order valence-electron chi connectivity index (χ3n) is 2.93. The summed E-state index contributed by atoms with van der Waals surface area (Å²) in [6.07, 6.45) is 2.25. The fraction of sp³-hybridized carbons (Fsp3) is 1.00. The van der Waals surface area contributed by atoms with Crippen molar-refractivity contribution in [3.05, 3.63) is 0 Å². The van der Waals surface area contributed by atoms with E-state index in [1.807, 2.05) is 14.1 Å². The maximum absolute atomic E-state index is 8.89. The molecule has 0 amide bonds. The van der Waals surface area contributed by atoms with E-state index >= 15 is 0 Å². The minimum absolute atomic E-state index is 0.140. The van der Waals surface area contributed by atoms with Gasteiger partial charge in [-0.05, 0) is 46.6 Å². The summed E-state index contributed by atoms with van der Waals surface area (Å²) < 4.78 is 0. The Balaban J connectivity index is 3.73. The van der Waals surface area contributed by atoms with Crippen molar-refractivity contribution in [2.45, 2.75) is 19.0 Å². The van der Waals surface area contributed by atoms with E-state index in [9.17, 15) is 0 Å². The lowest BCUT2D eigenvalue weighted by molar-refractivity contribution is 0.157. The van der Waals surface area contributed by atoms with Gasteiger partial charge in [0.25, 0.3) is 0 Å². The molecule has 0 aromatic heterocycles. The van der Waals surface area contributed by atoms with E-state index in [1.54, 1.807) is 0 Å². The maximum atomic E-state index is 8.89. The van der Waals surface area contributed by atoms with Gasteiger partial charge in [-0.15, -0.1) is 0 Å². The lowest BCUT2D eigenvalue weighted by Crippen LogP contribution is -2.44. The second kappa shape index (κ2) is 11.8. The molecule has 1 unspecified atom stereocenters. The number of nitrogens with zero attached hydrogens (tertiary/aromatic N) is 2. The van der Waals surface area contributed by atoms with Gasteiger partial charge in [0, 0.05) is 13.1 Å². The fourth-order valence-corrected chi connectivity index (χ4v) is 1.89. The van der Waals surface area contributed by atoms with Crippen molar-refractivity contribution in [1.82, 2.24) is 15.1 Å². The molecule has 0 aliphatic rings. The normalized spacial score (nSPS) is 13.5. The molecule has 0 saturated carbocycles. The van der Waals surface area contributed by atoms with Crippen LogP contribution in [0.3, 0.4) is 0 Å². The zero-order valence-corrected chi connectivity index (χ0v) is 11.8. The smallest absolute Gasteiger partial charge is 0.0604 e. The summed E-state index contributed by atoms with van der Waals surface area (Å²) >= 11 is 0. The molecule has 0 saturated heterocycles. The quantitative estimate of drug-likeness (QED) is 0.253. The molecule has 0 aromatic carbocycles. The van der Waals surface area contributed by atoms with Gasteiger partial charge in [0.1, 0.15) is 0 Å². The fourth-order valence-electron chi connectivity index (χ4n) is 1.89. The first-order valence-electron chi connectivity index (χ1n) is 6.69. The van der Waals surface area contributed by atoms with Crippen molar-refractivity contribution in [2.75, 3.05) is 60.0 Å². The zero-order valence-electron chi connectivity index (χ0n) is 11.8. The Morgan fingerprint density at radius 3 is 2.17 bits per heavy atom. The van der Waals surface area contributed by atoms with E-state index in [2.05, 4.69) is 15.1 Å². The number of rotatable bonds is 12. The number of aliphatic hydroxyl groups is 2. The van der Waals surface area contributed by atoms with Crippen LogP contribution in [0.1, 0.15) is 12.8 Å². The minimum Gasteiger partial charge on any atom is -0.395 e. The Hall–Kier alpha value is -0.240. The van der Waals surface area contributed by atoms with Gasteiger partial charge in [-0.2, -0.15) is 0 Å². The summed E-state index contributed by atoms with van der Waals surface area (Å²) in [5, 5.41) is 21.2. The molecule has 0 fully saturated rings. The summed E-state index contributed by atoms with van der Waals surface area (Å²) in [6.45, 7) is 4.01. The lowest BCUT2D eigenvalue weighted by Gasteiger charge is -2.26. The number of nitrogens with one attached hydrogen (secondary N) is 1. The van der Waals surface area contributed by atoms with Crippen LogP contribution < -0.4 is 11.1 Å². The third-order valence-corrected chi connectivity index (χ3v) is 2.93. The molecule has 0 aromatic rings. The second-order valence-electron chi connectivity index (χ2n) is 4.65. The Morgan fingerprint density at radius 2 is 1.72 bits per heavy atom. The minimum atomic E-state index is 0.140. The number of hydrogen-bond donors (Lipinski definition) is 4. The standard InChI is InChI=1S/C12H30N4O2/c1-15(2)12(4-5-13)14-6-3-7-16(8-10-17)9-11-18/h12,14,17-18H,3-11,13H2,1-2H3. The van der Waals surface area contributed by atoms with Crippen LogP contribution in [0.4, 0.5) is 0 Å². The molecular weight excluding hydrogens is 232 g/mol. The molecule has 6 nitrogen and oxygen atoms in total. The molecule has 0 aliphatic heterocycles. The van der Waals surface area contributed by atoms with Crippen molar-refractivity contribution >= 4 is 0 Å². The highest BCUT2D eigenvalue weighted by Gasteiger charge is 2.09. The third kappa shape index (κ3) is 8.79. The van der Waals surface area contributed by atoms with Gasteiger partial charge in [0.05, 0.1) is 19.4 Å². The number of nitrogens with two attached hydrogens (primary N) is 1. The topological polar surface area (TPSA) is 85.0 Å². The van der Waals surface area contributed by atoms with Crippen molar-refractivity contribution < 1.29 is 10.2 Å². The van der Waals surface area contributed by atoms with Crippen LogP contribution in [0.15, 0.2) is 0 Å². The average Bonchev–Trinajstić information content (AvgIpc) is 2.33. The highest BCUT2D eigenvalue weighted by molar-refractivity contribution is 4.65. The SMILES string of the molecule is CN(C)C(CCN)NCCCN(CCO)CCO. The van der Waals surface area contributed by atoms with E-state index < -0.39 is 0 Å². The summed E-state index contributed by atoms with van der Waals surface area (Å²) in [5.41, 5.74) is 5.57. The van der Waals surface area contributed by atoms with Crippen LogP contribution in [-0.4, -0.2) is 86.2 Å². The Bertz CT molecular complexity index is 175. The van der Waals surface area contributed by atoms with Gasteiger partial charge in [-0.3, -0.25) is 9.80 Å². The molecule has 0 aliphatic carbocycles. The zero-order chi connectivity index (χ0) is 13.8. The monoisotopic (exact) mass is 262 g/mol. The van der Waals surface area contributed by atoms with Crippen LogP contribution in [0, 0.1) is 0 Å². The predicted octanol–water partition coefficient (Wildman–Crippen LogP) is -1.51. The highest BCUT2D eigenvalue weighted by Crippen LogP contribution is 1.95. The van der Waals surface area contributed by atoms with E-state index in [0.717, 1.165) is 25.9 Å². The van der Waals surface area contributed by atoms with Gasteiger partial charge >= 0.3 is 0 Å². The van der Waals surface area contributed by atoms with Crippen molar-refractivity contribution in [3.63, 3.8) is 0 Å². The first-order valence-corrected chi connectivity index (χ1v) is 6.69. The number of hydrogen-bond acceptors (Lipinski definition) is 6. The van der Waals surface area contributed by atoms with Gasteiger partial charge < -0.3 is 21.3 Å². The molecule has 0 bridgehead atoms. The van der Waals surface area contributed by atoms with E-state index in [-0.39, 0.29) is 13.2 Å². The largest absolute Gasteiger partial charge is 0.395 e. The molecule has 1 atom stereocenters. The van der Waals surface area contributed by atoms with Crippen LogP contribution in [0.2, 0.25) is 0 Å². The van der Waals surface area contributed by atoms with Gasteiger partial charge in [0.2, 0.25) is 0 Å².